The van der Waals surface area contributed by atoms with Crippen LogP contribution in [0.3, 0.4) is 0 Å². The van der Waals surface area contributed by atoms with Gasteiger partial charge < -0.3 is 9.64 Å². The standard InChI is InChI=1S/C28H38N2O2/c1-21(2)19-32-26-11-6-5-9-24(26)18-29-15-12-28(13-16-29)14-17-30(20-28)27(31)25-10-7-8-22(3)23(25)4/h5-11,21H,12-20H2,1-4H3. The first-order valence-corrected chi connectivity index (χ1v) is 12.2. The zero-order valence-electron chi connectivity index (χ0n) is 20.2. The fraction of sp³-hybridized carbons (Fsp3) is 0.536. The topological polar surface area (TPSA) is 32.8 Å². The van der Waals surface area contributed by atoms with Gasteiger partial charge in [0.1, 0.15) is 5.75 Å². The molecule has 172 valence electrons. The van der Waals surface area contributed by atoms with Gasteiger partial charge in [0.05, 0.1) is 6.61 Å². The van der Waals surface area contributed by atoms with Crippen LogP contribution in [0.5, 0.6) is 5.75 Å². The van der Waals surface area contributed by atoms with Crippen molar-refractivity contribution >= 4 is 5.91 Å². The zero-order chi connectivity index (χ0) is 22.7. The lowest BCUT2D eigenvalue weighted by Gasteiger charge is -2.39. The summed E-state index contributed by atoms with van der Waals surface area (Å²) in [6.07, 6.45) is 3.46. The maximum absolute atomic E-state index is 13.2. The van der Waals surface area contributed by atoms with E-state index in [2.05, 4.69) is 67.8 Å². The van der Waals surface area contributed by atoms with Crippen molar-refractivity contribution in [3.05, 3.63) is 64.7 Å². The zero-order valence-corrected chi connectivity index (χ0v) is 20.2. The van der Waals surface area contributed by atoms with Crippen LogP contribution in [0.4, 0.5) is 0 Å². The Morgan fingerprint density at radius 3 is 2.47 bits per heavy atom. The lowest BCUT2D eigenvalue weighted by molar-refractivity contribution is 0.0712. The minimum absolute atomic E-state index is 0.210. The van der Waals surface area contributed by atoms with Crippen molar-refractivity contribution in [2.45, 2.75) is 53.5 Å². The Bertz CT molecular complexity index is 944. The second-order valence-electron chi connectivity index (χ2n) is 10.3. The van der Waals surface area contributed by atoms with Gasteiger partial charge in [-0.3, -0.25) is 9.69 Å². The number of nitrogens with zero attached hydrogens (tertiary/aromatic N) is 2. The van der Waals surface area contributed by atoms with Crippen molar-refractivity contribution in [2.24, 2.45) is 11.3 Å². The Morgan fingerprint density at radius 1 is 1.00 bits per heavy atom. The lowest BCUT2D eigenvalue weighted by atomic mass is 9.77. The van der Waals surface area contributed by atoms with E-state index >= 15 is 0 Å². The van der Waals surface area contributed by atoms with Crippen LogP contribution in [0.2, 0.25) is 0 Å². The molecule has 2 saturated heterocycles. The highest BCUT2D eigenvalue weighted by atomic mass is 16.5. The van der Waals surface area contributed by atoms with Crippen LogP contribution < -0.4 is 4.74 Å². The summed E-state index contributed by atoms with van der Waals surface area (Å²) in [6, 6.07) is 14.5. The highest BCUT2D eigenvalue weighted by Gasteiger charge is 2.42. The van der Waals surface area contributed by atoms with E-state index < -0.39 is 0 Å². The number of carbonyl (C=O) groups is 1. The minimum atomic E-state index is 0.210. The molecular formula is C28H38N2O2. The van der Waals surface area contributed by atoms with Crippen LogP contribution in [-0.4, -0.2) is 48.5 Å². The van der Waals surface area contributed by atoms with Crippen molar-refractivity contribution in [3.63, 3.8) is 0 Å². The number of carbonyl (C=O) groups excluding carboxylic acids is 1. The molecule has 2 aromatic carbocycles. The molecule has 0 aromatic heterocycles. The molecule has 32 heavy (non-hydrogen) atoms. The summed E-state index contributed by atoms with van der Waals surface area (Å²) in [4.78, 5) is 17.9. The average molecular weight is 435 g/mol. The number of para-hydroxylation sites is 1. The number of hydrogen-bond donors (Lipinski definition) is 0. The summed E-state index contributed by atoms with van der Waals surface area (Å²) in [6.45, 7) is 14.2. The molecule has 2 heterocycles. The van der Waals surface area contributed by atoms with Crippen LogP contribution in [0.25, 0.3) is 0 Å². The molecule has 0 saturated carbocycles. The lowest BCUT2D eigenvalue weighted by Crippen LogP contribution is -2.42. The number of aryl methyl sites for hydroxylation is 1. The Labute approximate surface area is 193 Å². The van der Waals surface area contributed by atoms with Crippen molar-refractivity contribution in [2.75, 3.05) is 32.8 Å². The molecule has 2 aliphatic heterocycles. The van der Waals surface area contributed by atoms with Crippen molar-refractivity contribution in [1.29, 1.82) is 0 Å². The van der Waals surface area contributed by atoms with Crippen molar-refractivity contribution < 1.29 is 9.53 Å². The predicted octanol–water partition coefficient (Wildman–Crippen LogP) is 5.47. The SMILES string of the molecule is Cc1cccc(C(=O)N2CCC3(CCN(Cc4ccccc4OCC(C)C)CC3)C2)c1C. The molecule has 0 bridgehead atoms. The van der Waals surface area contributed by atoms with Gasteiger partial charge >= 0.3 is 0 Å². The normalized spacial score (nSPS) is 18.5. The fourth-order valence-corrected chi connectivity index (χ4v) is 5.13. The maximum atomic E-state index is 13.2. The van der Waals surface area contributed by atoms with Crippen LogP contribution in [0.1, 0.15) is 60.2 Å². The molecule has 1 amide bonds. The fourth-order valence-electron chi connectivity index (χ4n) is 5.13. The number of likely N-dealkylation sites (tertiary alicyclic amines) is 2. The van der Waals surface area contributed by atoms with Crippen LogP contribution in [0, 0.1) is 25.2 Å². The summed E-state index contributed by atoms with van der Waals surface area (Å²) in [5, 5.41) is 0. The van der Waals surface area contributed by atoms with E-state index in [1.54, 1.807) is 0 Å². The molecule has 4 rings (SSSR count). The average Bonchev–Trinajstić information content (AvgIpc) is 3.20. The van der Waals surface area contributed by atoms with E-state index in [9.17, 15) is 4.79 Å². The molecular weight excluding hydrogens is 396 g/mol. The van der Waals surface area contributed by atoms with Gasteiger partial charge in [-0.05, 0) is 80.8 Å². The highest BCUT2D eigenvalue weighted by molar-refractivity contribution is 5.96. The Hall–Kier alpha value is -2.33. The van der Waals surface area contributed by atoms with E-state index in [-0.39, 0.29) is 11.3 Å². The highest BCUT2D eigenvalue weighted by Crippen LogP contribution is 2.41. The molecule has 0 atom stereocenters. The maximum Gasteiger partial charge on any atom is 0.254 e. The molecule has 2 aromatic rings. The molecule has 4 heteroatoms. The van der Waals surface area contributed by atoms with Gasteiger partial charge in [0, 0.05) is 30.8 Å². The third-order valence-electron chi connectivity index (χ3n) is 7.42. The quantitative estimate of drug-likeness (QED) is 0.605. The van der Waals surface area contributed by atoms with E-state index in [4.69, 9.17) is 4.74 Å². The molecule has 0 N–H and O–H groups in total. The second-order valence-corrected chi connectivity index (χ2v) is 10.3. The summed E-state index contributed by atoms with van der Waals surface area (Å²) in [7, 11) is 0. The van der Waals surface area contributed by atoms with Gasteiger partial charge in [-0.1, -0.05) is 44.2 Å². The Balaban J connectivity index is 1.34. The first kappa shape index (κ1) is 22.8. The van der Waals surface area contributed by atoms with Gasteiger partial charge in [-0.25, -0.2) is 0 Å². The molecule has 2 fully saturated rings. The number of rotatable bonds is 6. The predicted molar refractivity (Wildman–Crippen MR) is 130 cm³/mol. The monoisotopic (exact) mass is 434 g/mol. The van der Waals surface area contributed by atoms with Gasteiger partial charge in [0.15, 0.2) is 0 Å². The smallest absolute Gasteiger partial charge is 0.254 e. The second kappa shape index (κ2) is 9.66. The van der Waals surface area contributed by atoms with E-state index in [0.29, 0.717) is 5.92 Å². The minimum Gasteiger partial charge on any atom is -0.493 e. The Morgan fingerprint density at radius 2 is 1.72 bits per heavy atom. The largest absolute Gasteiger partial charge is 0.493 e. The van der Waals surface area contributed by atoms with E-state index in [1.807, 2.05) is 12.1 Å². The van der Waals surface area contributed by atoms with Crippen molar-refractivity contribution in [1.82, 2.24) is 9.80 Å². The summed E-state index contributed by atoms with van der Waals surface area (Å²) >= 11 is 0. The molecule has 0 unspecified atom stereocenters. The number of hydrogen-bond acceptors (Lipinski definition) is 3. The van der Waals surface area contributed by atoms with E-state index in [0.717, 1.165) is 62.6 Å². The van der Waals surface area contributed by atoms with Crippen LogP contribution in [-0.2, 0) is 6.54 Å². The first-order valence-electron chi connectivity index (χ1n) is 12.2. The molecule has 4 nitrogen and oxygen atoms in total. The number of piperidine rings is 1. The molecule has 1 spiro atoms. The third kappa shape index (κ3) is 5.01. The van der Waals surface area contributed by atoms with Crippen LogP contribution >= 0.6 is 0 Å². The van der Waals surface area contributed by atoms with Crippen molar-refractivity contribution in [3.8, 4) is 5.75 Å². The van der Waals surface area contributed by atoms with Gasteiger partial charge in [-0.2, -0.15) is 0 Å². The molecule has 2 aliphatic rings. The van der Waals surface area contributed by atoms with Gasteiger partial charge in [-0.15, -0.1) is 0 Å². The first-order chi connectivity index (χ1) is 15.4. The summed E-state index contributed by atoms with van der Waals surface area (Å²) < 4.78 is 6.06. The number of amides is 1. The van der Waals surface area contributed by atoms with Crippen LogP contribution in [0.15, 0.2) is 42.5 Å². The summed E-state index contributed by atoms with van der Waals surface area (Å²) in [5.41, 5.74) is 4.75. The summed E-state index contributed by atoms with van der Waals surface area (Å²) in [5.74, 6) is 1.75. The van der Waals surface area contributed by atoms with Gasteiger partial charge in [0.25, 0.3) is 5.91 Å². The number of benzene rings is 2. The van der Waals surface area contributed by atoms with E-state index in [1.165, 1.54) is 24.0 Å². The third-order valence-corrected chi connectivity index (χ3v) is 7.42. The Kier molecular flexibility index (Phi) is 6.90. The van der Waals surface area contributed by atoms with Gasteiger partial charge in [0.2, 0.25) is 0 Å². The number of ether oxygens (including phenoxy) is 1. The molecule has 0 radical (unpaired) electrons. The molecule has 0 aliphatic carbocycles.